The maximum absolute atomic E-state index is 12.9. The number of rotatable bonds is 4. The van der Waals surface area contributed by atoms with E-state index in [0.717, 1.165) is 11.1 Å². The van der Waals surface area contributed by atoms with E-state index in [-0.39, 0.29) is 12.5 Å². The van der Waals surface area contributed by atoms with Crippen LogP contribution in [0.25, 0.3) is 5.65 Å². The molecule has 0 saturated carbocycles. The fourth-order valence-electron chi connectivity index (χ4n) is 3.52. The van der Waals surface area contributed by atoms with Gasteiger partial charge in [-0.05, 0) is 43.4 Å². The van der Waals surface area contributed by atoms with Crippen LogP contribution in [-0.4, -0.2) is 60.3 Å². The number of piperidine rings is 1. The molecule has 0 aromatic carbocycles. The third-order valence-electron chi connectivity index (χ3n) is 5.25. The second-order valence-corrected chi connectivity index (χ2v) is 7.31. The summed E-state index contributed by atoms with van der Waals surface area (Å²) >= 11 is 0. The Kier molecular flexibility index (Phi) is 4.82. The average Bonchev–Trinajstić information content (AvgIpc) is 3.12. The molecule has 0 bridgehead atoms. The predicted molar refractivity (Wildman–Crippen MR) is 102 cm³/mol. The lowest BCUT2D eigenvalue weighted by Gasteiger charge is -2.37. The lowest BCUT2D eigenvalue weighted by atomic mass is 9.87. The van der Waals surface area contributed by atoms with Crippen LogP contribution in [0.5, 0.6) is 0 Å². The number of aliphatic hydroxyl groups is 2. The van der Waals surface area contributed by atoms with E-state index in [1.165, 1.54) is 0 Å². The van der Waals surface area contributed by atoms with Gasteiger partial charge in [0.25, 0.3) is 5.91 Å². The van der Waals surface area contributed by atoms with Gasteiger partial charge in [-0.25, -0.2) is 9.50 Å². The number of nitrogens with zero attached hydrogens (tertiary/aromatic N) is 5. The molecule has 8 nitrogen and oxygen atoms in total. The van der Waals surface area contributed by atoms with Crippen molar-refractivity contribution in [3.63, 3.8) is 0 Å². The molecule has 3 aromatic heterocycles. The monoisotopic (exact) mass is 381 g/mol. The highest BCUT2D eigenvalue weighted by molar-refractivity contribution is 5.93. The van der Waals surface area contributed by atoms with Crippen LogP contribution in [0.3, 0.4) is 0 Å². The number of likely N-dealkylation sites (tertiary alicyclic amines) is 1. The van der Waals surface area contributed by atoms with Crippen molar-refractivity contribution in [3.05, 3.63) is 59.3 Å². The molecule has 0 atom stereocenters. The molecule has 1 amide bonds. The third kappa shape index (κ3) is 3.48. The smallest absolute Gasteiger partial charge is 0.274 e. The van der Waals surface area contributed by atoms with E-state index >= 15 is 0 Å². The van der Waals surface area contributed by atoms with Crippen molar-refractivity contribution in [2.24, 2.45) is 0 Å². The highest BCUT2D eigenvalue weighted by atomic mass is 16.3. The van der Waals surface area contributed by atoms with Gasteiger partial charge in [-0.3, -0.25) is 9.78 Å². The number of aryl methyl sites for hydroxylation is 1. The summed E-state index contributed by atoms with van der Waals surface area (Å²) in [5, 5.41) is 24.3. The van der Waals surface area contributed by atoms with Crippen LogP contribution in [0.2, 0.25) is 0 Å². The van der Waals surface area contributed by atoms with Crippen LogP contribution in [0.4, 0.5) is 0 Å². The molecule has 0 aliphatic carbocycles. The van der Waals surface area contributed by atoms with Crippen LogP contribution in [0.1, 0.15) is 40.2 Å². The Balaban J connectivity index is 1.47. The van der Waals surface area contributed by atoms with Gasteiger partial charge in [0, 0.05) is 44.4 Å². The summed E-state index contributed by atoms with van der Waals surface area (Å²) in [6.07, 6.45) is 6.55. The van der Waals surface area contributed by atoms with E-state index < -0.39 is 5.60 Å². The quantitative estimate of drug-likeness (QED) is 0.701. The number of hydrogen-bond donors (Lipinski definition) is 2. The van der Waals surface area contributed by atoms with E-state index in [4.69, 9.17) is 5.11 Å². The van der Waals surface area contributed by atoms with Gasteiger partial charge < -0.3 is 15.1 Å². The van der Waals surface area contributed by atoms with E-state index in [2.05, 4.69) is 15.1 Å². The summed E-state index contributed by atoms with van der Waals surface area (Å²) in [6.45, 7) is 2.86. The number of fused-ring (bicyclic) bond motifs is 1. The molecule has 0 radical (unpaired) electrons. The Morgan fingerprint density at radius 1 is 1.21 bits per heavy atom. The summed E-state index contributed by atoms with van der Waals surface area (Å²) in [5.41, 5.74) is 2.45. The lowest BCUT2D eigenvalue weighted by Crippen LogP contribution is -2.45. The number of pyridine rings is 1. The van der Waals surface area contributed by atoms with Crippen molar-refractivity contribution in [3.8, 4) is 0 Å². The molecule has 8 heteroatoms. The van der Waals surface area contributed by atoms with Gasteiger partial charge in [0.1, 0.15) is 5.60 Å². The Bertz CT molecular complexity index is 991. The number of carbonyl (C=O) groups excluding carboxylic acids is 1. The first-order chi connectivity index (χ1) is 13.5. The minimum absolute atomic E-state index is 0.0345. The molecule has 1 aliphatic heterocycles. The third-order valence-corrected chi connectivity index (χ3v) is 5.25. The number of hydrogen-bond acceptors (Lipinski definition) is 6. The van der Waals surface area contributed by atoms with E-state index in [1.54, 1.807) is 34.1 Å². The highest BCUT2D eigenvalue weighted by Crippen LogP contribution is 2.32. The molecule has 1 saturated heterocycles. The van der Waals surface area contributed by atoms with E-state index in [1.807, 2.05) is 19.1 Å². The van der Waals surface area contributed by atoms with Gasteiger partial charge in [0.2, 0.25) is 0 Å². The van der Waals surface area contributed by atoms with Gasteiger partial charge in [0.05, 0.1) is 5.69 Å². The Morgan fingerprint density at radius 3 is 2.68 bits per heavy atom. The maximum Gasteiger partial charge on any atom is 0.274 e. The summed E-state index contributed by atoms with van der Waals surface area (Å²) in [5.74, 6) is -0.173. The van der Waals surface area contributed by atoms with Crippen molar-refractivity contribution in [1.29, 1.82) is 0 Å². The molecular weight excluding hydrogens is 358 g/mol. The van der Waals surface area contributed by atoms with Crippen molar-refractivity contribution in [2.45, 2.75) is 31.8 Å². The van der Waals surface area contributed by atoms with Crippen LogP contribution in [-0.2, 0) is 12.0 Å². The lowest BCUT2D eigenvalue weighted by molar-refractivity contribution is -0.0245. The van der Waals surface area contributed by atoms with E-state index in [0.29, 0.717) is 49.4 Å². The standard InChI is InChI=1S/C20H23N5O3/c1-14-2-3-17(21-11-14)20(28)5-7-24(8-6-20)19(27)16-10-18-22-12-15(4-9-26)13-25(18)23-16/h2-3,10-13,26,28H,4-9H2,1H3. The number of carbonyl (C=O) groups is 1. The van der Waals surface area contributed by atoms with Crippen molar-refractivity contribution >= 4 is 11.6 Å². The first-order valence-electron chi connectivity index (χ1n) is 9.38. The van der Waals surface area contributed by atoms with Gasteiger partial charge in [-0.1, -0.05) is 6.07 Å². The molecule has 1 aliphatic rings. The largest absolute Gasteiger partial charge is 0.396 e. The fraction of sp³-hybridized carbons (Fsp3) is 0.400. The maximum atomic E-state index is 12.9. The molecule has 0 spiro atoms. The molecular formula is C20H23N5O3. The minimum atomic E-state index is -1.01. The normalized spacial score (nSPS) is 16.5. The predicted octanol–water partition coefficient (Wildman–Crippen LogP) is 1.09. The summed E-state index contributed by atoms with van der Waals surface area (Å²) in [7, 11) is 0. The fourth-order valence-corrected chi connectivity index (χ4v) is 3.52. The minimum Gasteiger partial charge on any atom is -0.396 e. The van der Waals surface area contributed by atoms with Crippen LogP contribution < -0.4 is 0 Å². The van der Waals surface area contributed by atoms with Gasteiger partial charge in [-0.15, -0.1) is 0 Å². The second-order valence-electron chi connectivity index (χ2n) is 7.31. The number of amides is 1. The molecule has 4 rings (SSSR count). The average molecular weight is 381 g/mol. The molecule has 28 heavy (non-hydrogen) atoms. The topological polar surface area (TPSA) is 104 Å². The van der Waals surface area contributed by atoms with Gasteiger partial charge >= 0.3 is 0 Å². The van der Waals surface area contributed by atoms with Crippen molar-refractivity contribution in [2.75, 3.05) is 19.7 Å². The Labute approximate surface area is 162 Å². The molecule has 0 unspecified atom stereocenters. The second kappa shape index (κ2) is 7.29. The zero-order chi connectivity index (χ0) is 19.7. The zero-order valence-electron chi connectivity index (χ0n) is 15.7. The molecule has 146 valence electrons. The molecule has 3 aromatic rings. The van der Waals surface area contributed by atoms with Crippen molar-refractivity contribution in [1.82, 2.24) is 24.5 Å². The summed E-state index contributed by atoms with van der Waals surface area (Å²) < 4.78 is 1.56. The van der Waals surface area contributed by atoms with E-state index in [9.17, 15) is 9.90 Å². The first-order valence-corrected chi connectivity index (χ1v) is 9.38. The summed E-state index contributed by atoms with van der Waals surface area (Å²) in [6, 6.07) is 5.45. The summed E-state index contributed by atoms with van der Waals surface area (Å²) in [4.78, 5) is 23.2. The molecule has 1 fully saturated rings. The SMILES string of the molecule is Cc1ccc(C2(O)CCN(C(=O)c3cc4ncc(CCO)cn4n3)CC2)nc1. The molecule has 4 heterocycles. The molecule has 2 N–H and O–H groups in total. The Hall–Kier alpha value is -2.84. The van der Waals surface area contributed by atoms with Gasteiger partial charge in [0.15, 0.2) is 11.3 Å². The van der Waals surface area contributed by atoms with Crippen LogP contribution in [0.15, 0.2) is 36.8 Å². The van der Waals surface area contributed by atoms with Crippen molar-refractivity contribution < 1.29 is 15.0 Å². The van der Waals surface area contributed by atoms with Crippen LogP contribution in [0, 0.1) is 6.92 Å². The van der Waals surface area contributed by atoms with Crippen LogP contribution >= 0.6 is 0 Å². The number of aromatic nitrogens is 4. The highest BCUT2D eigenvalue weighted by Gasteiger charge is 2.37. The van der Waals surface area contributed by atoms with Gasteiger partial charge in [-0.2, -0.15) is 5.10 Å². The number of aliphatic hydroxyl groups excluding tert-OH is 1. The first kappa shape index (κ1) is 18.5. The zero-order valence-corrected chi connectivity index (χ0v) is 15.7. The Morgan fingerprint density at radius 2 is 2.00 bits per heavy atom.